The Morgan fingerprint density at radius 2 is 2.00 bits per heavy atom. The number of urea groups is 1. The average molecular weight is 349 g/mol. The SMILES string of the molecule is CCOc1ccccc1NC(=O)NCc1cccc(Br)c1. The summed E-state index contributed by atoms with van der Waals surface area (Å²) in [6, 6.07) is 14.9. The van der Waals surface area contributed by atoms with Crippen LogP contribution in [0.2, 0.25) is 0 Å². The third-order valence-electron chi connectivity index (χ3n) is 2.78. The van der Waals surface area contributed by atoms with Crippen LogP contribution in [0.1, 0.15) is 12.5 Å². The average Bonchev–Trinajstić information content (AvgIpc) is 2.48. The van der Waals surface area contributed by atoms with E-state index in [2.05, 4.69) is 26.6 Å². The lowest BCUT2D eigenvalue weighted by molar-refractivity contribution is 0.251. The highest BCUT2D eigenvalue weighted by Crippen LogP contribution is 2.23. The Labute approximate surface area is 132 Å². The van der Waals surface area contributed by atoms with Gasteiger partial charge in [-0.25, -0.2) is 4.79 Å². The second-order valence-electron chi connectivity index (χ2n) is 4.37. The summed E-state index contributed by atoms with van der Waals surface area (Å²) in [4.78, 5) is 11.9. The molecule has 0 aromatic heterocycles. The number of ether oxygens (including phenoxy) is 1. The fourth-order valence-corrected chi connectivity index (χ4v) is 2.29. The Hall–Kier alpha value is -2.01. The summed E-state index contributed by atoms with van der Waals surface area (Å²) in [7, 11) is 0. The van der Waals surface area contributed by atoms with Crippen LogP contribution in [0.15, 0.2) is 53.0 Å². The molecule has 21 heavy (non-hydrogen) atoms. The smallest absolute Gasteiger partial charge is 0.319 e. The van der Waals surface area contributed by atoms with Crippen LogP contribution in [0.4, 0.5) is 10.5 Å². The molecule has 0 bridgehead atoms. The maximum atomic E-state index is 11.9. The molecule has 0 radical (unpaired) electrons. The summed E-state index contributed by atoms with van der Waals surface area (Å²) < 4.78 is 6.46. The van der Waals surface area contributed by atoms with E-state index in [-0.39, 0.29) is 6.03 Å². The van der Waals surface area contributed by atoms with Crippen molar-refractivity contribution in [2.75, 3.05) is 11.9 Å². The molecular formula is C16H17BrN2O2. The van der Waals surface area contributed by atoms with Gasteiger partial charge in [-0.15, -0.1) is 0 Å². The summed E-state index contributed by atoms with van der Waals surface area (Å²) in [5.74, 6) is 0.664. The van der Waals surface area contributed by atoms with Gasteiger partial charge in [0.2, 0.25) is 0 Å². The van der Waals surface area contributed by atoms with E-state index in [4.69, 9.17) is 4.74 Å². The Morgan fingerprint density at radius 3 is 2.76 bits per heavy atom. The largest absolute Gasteiger partial charge is 0.492 e. The van der Waals surface area contributed by atoms with Crippen molar-refractivity contribution in [2.45, 2.75) is 13.5 Å². The van der Waals surface area contributed by atoms with E-state index in [9.17, 15) is 4.79 Å². The fraction of sp³-hybridized carbons (Fsp3) is 0.188. The number of nitrogens with one attached hydrogen (secondary N) is 2. The lowest BCUT2D eigenvalue weighted by atomic mass is 10.2. The number of rotatable bonds is 5. The maximum Gasteiger partial charge on any atom is 0.319 e. The van der Waals surface area contributed by atoms with Crippen molar-refractivity contribution < 1.29 is 9.53 Å². The molecule has 0 unspecified atom stereocenters. The van der Waals surface area contributed by atoms with Crippen molar-refractivity contribution in [2.24, 2.45) is 0 Å². The van der Waals surface area contributed by atoms with E-state index in [1.54, 1.807) is 0 Å². The van der Waals surface area contributed by atoms with Crippen LogP contribution in [-0.4, -0.2) is 12.6 Å². The van der Waals surface area contributed by atoms with E-state index >= 15 is 0 Å². The number of halogens is 1. The van der Waals surface area contributed by atoms with Crippen molar-refractivity contribution in [3.63, 3.8) is 0 Å². The number of amides is 2. The van der Waals surface area contributed by atoms with Crippen molar-refractivity contribution in [1.29, 1.82) is 0 Å². The minimum absolute atomic E-state index is 0.262. The molecule has 0 aliphatic rings. The fourth-order valence-electron chi connectivity index (χ4n) is 1.85. The van der Waals surface area contributed by atoms with Crippen molar-refractivity contribution in [3.8, 4) is 5.75 Å². The van der Waals surface area contributed by atoms with E-state index in [0.29, 0.717) is 24.6 Å². The number of para-hydroxylation sites is 2. The summed E-state index contributed by atoms with van der Waals surface area (Å²) in [5, 5.41) is 5.61. The number of hydrogen-bond donors (Lipinski definition) is 2. The zero-order chi connectivity index (χ0) is 15.1. The van der Waals surface area contributed by atoms with Gasteiger partial charge in [0.25, 0.3) is 0 Å². The maximum absolute atomic E-state index is 11.9. The Morgan fingerprint density at radius 1 is 1.19 bits per heavy atom. The highest BCUT2D eigenvalue weighted by atomic mass is 79.9. The second kappa shape index (κ2) is 7.69. The topological polar surface area (TPSA) is 50.4 Å². The molecule has 0 atom stereocenters. The molecule has 110 valence electrons. The van der Waals surface area contributed by atoms with Gasteiger partial charge in [-0.1, -0.05) is 40.2 Å². The lowest BCUT2D eigenvalue weighted by Gasteiger charge is -2.12. The number of anilines is 1. The van der Waals surface area contributed by atoms with Gasteiger partial charge in [0.15, 0.2) is 0 Å². The molecule has 2 rings (SSSR count). The quantitative estimate of drug-likeness (QED) is 0.851. The van der Waals surface area contributed by atoms with Gasteiger partial charge >= 0.3 is 6.03 Å². The first-order valence-corrected chi connectivity index (χ1v) is 7.49. The monoisotopic (exact) mass is 348 g/mol. The molecule has 2 N–H and O–H groups in total. The van der Waals surface area contributed by atoms with Crippen LogP contribution in [0.3, 0.4) is 0 Å². The Kier molecular flexibility index (Phi) is 5.63. The highest BCUT2D eigenvalue weighted by molar-refractivity contribution is 9.10. The minimum Gasteiger partial charge on any atom is -0.492 e. The molecule has 0 spiro atoms. The van der Waals surface area contributed by atoms with Gasteiger partial charge in [-0.2, -0.15) is 0 Å². The molecule has 2 amide bonds. The molecule has 0 aliphatic heterocycles. The Balaban J connectivity index is 1.93. The van der Waals surface area contributed by atoms with E-state index in [1.807, 2.05) is 55.5 Å². The van der Waals surface area contributed by atoms with Crippen LogP contribution in [0.25, 0.3) is 0 Å². The second-order valence-corrected chi connectivity index (χ2v) is 5.28. The third-order valence-corrected chi connectivity index (χ3v) is 3.27. The molecule has 0 fully saturated rings. The predicted octanol–water partition coefficient (Wildman–Crippen LogP) is 4.17. The lowest BCUT2D eigenvalue weighted by Crippen LogP contribution is -2.28. The zero-order valence-corrected chi connectivity index (χ0v) is 13.3. The summed E-state index contributed by atoms with van der Waals surface area (Å²) in [6.45, 7) is 2.92. The first-order valence-electron chi connectivity index (χ1n) is 6.70. The molecule has 4 nitrogen and oxygen atoms in total. The number of hydrogen-bond acceptors (Lipinski definition) is 2. The van der Waals surface area contributed by atoms with Crippen LogP contribution in [0.5, 0.6) is 5.75 Å². The van der Waals surface area contributed by atoms with Gasteiger partial charge in [0.1, 0.15) is 5.75 Å². The molecule has 0 saturated heterocycles. The molecular weight excluding hydrogens is 332 g/mol. The van der Waals surface area contributed by atoms with Gasteiger partial charge < -0.3 is 15.4 Å². The van der Waals surface area contributed by atoms with Crippen LogP contribution < -0.4 is 15.4 Å². The first kappa shape index (κ1) is 15.4. The summed E-state index contributed by atoms with van der Waals surface area (Å²) >= 11 is 3.40. The molecule has 0 heterocycles. The van der Waals surface area contributed by atoms with Gasteiger partial charge in [-0.05, 0) is 36.8 Å². The van der Waals surface area contributed by atoms with E-state index in [1.165, 1.54) is 0 Å². The molecule has 0 saturated carbocycles. The molecule has 2 aromatic rings. The van der Waals surface area contributed by atoms with Crippen molar-refractivity contribution in [3.05, 3.63) is 58.6 Å². The predicted molar refractivity (Wildman–Crippen MR) is 87.6 cm³/mol. The normalized spacial score (nSPS) is 10.0. The number of carbonyl (C=O) groups is 1. The summed E-state index contributed by atoms with van der Waals surface area (Å²) in [6.07, 6.45) is 0. The molecule has 5 heteroatoms. The highest BCUT2D eigenvalue weighted by Gasteiger charge is 2.06. The number of benzene rings is 2. The molecule has 2 aromatic carbocycles. The van der Waals surface area contributed by atoms with Crippen molar-refractivity contribution >= 4 is 27.6 Å². The zero-order valence-electron chi connectivity index (χ0n) is 11.7. The standard InChI is InChI=1S/C16H17BrN2O2/c1-2-21-15-9-4-3-8-14(15)19-16(20)18-11-12-6-5-7-13(17)10-12/h3-10H,2,11H2,1H3,(H2,18,19,20). The summed E-state index contributed by atoms with van der Waals surface area (Å²) in [5.41, 5.74) is 1.68. The van der Waals surface area contributed by atoms with Gasteiger partial charge in [0, 0.05) is 11.0 Å². The van der Waals surface area contributed by atoms with Crippen molar-refractivity contribution in [1.82, 2.24) is 5.32 Å². The number of carbonyl (C=O) groups excluding carboxylic acids is 1. The molecule has 0 aliphatic carbocycles. The van der Waals surface area contributed by atoms with Crippen LogP contribution >= 0.6 is 15.9 Å². The van der Waals surface area contributed by atoms with Gasteiger partial charge in [-0.3, -0.25) is 0 Å². The van der Waals surface area contributed by atoms with E-state index < -0.39 is 0 Å². The minimum atomic E-state index is -0.262. The Bertz CT molecular complexity index is 617. The first-order chi connectivity index (χ1) is 10.2. The van der Waals surface area contributed by atoms with E-state index in [0.717, 1.165) is 10.0 Å². The van der Waals surface area contributed by atoms with Crippen LogP contribution in [-0.2, 0) is 6.54 Å². The van der Waals surface area contributed by atoms with Gasteiger partial charge in [0.05, 0.1) is 12.3 Å². The third kappa shape index (κ3) is 4.79. The van der Waals surface area contributed by atoms with Crippen LogP contribution in [0, 0.1) is 0 Å².